The van der Waals surface area contributed by atoms with E-state index >= 15 is 8.78 Å². The smallest absolute Gasteiger partial charge is 0.306 e. The van der Waals surface area contributed by atoms with Gasteiger partial charge in [0.25, 0.3) is 0 Å². The maximum Gasteiger partial charge on any atom is 0.306 e. The molecule has 0 spiro atoms. The summed E-state index contributed by atoms with van der Waals surface area (Å²) >= 11 is 0. The number of alkyl halides is 1. The van der Waals surface area contributed by atoms with Gasteiger partial charge in [-0.15, -0.1) is 0 Å². The Morgan fingerprint density at radius 3 is 2.89 bits per heavy atom. The van der Waals surface area contributed by atoms with Crippen molar-refractivity contribution in [1.82, 2.24) is 9.88 Å². The van der Waals surface area contributed by atoms with Crippen molar-refractivity contribution in [2.75, 3.05) is 69.8 Å². The monoisotopic (exact) mass is 528 g/mol. The number of hydrogen-bond donors (Lipinski definition) is 1. The van der Waals surface area contributed by atoms with E-state index in [0.29, 0.717) is 51.1 Å². The second-order valence-corrected chi connectivity index (χ2v) is 10.8. The Morgan fingerprint density at radius 2 is 2.08 bits per heavy atom. The highest BCUT2D eigenvalue weighted by molar-refractivity contribution is 5.70. The summed E-state index contributed by atoms with van der Waals surface area (Å²) in [5, 5.41) is 3.34. The lowest BCUT2D eigenvalue weighted by molar-refractivity contribution is -0.141. The van der Waals surface area contributed by atoms with Crippen LogP contribution in [0.3, 0.4) is 0 Å². The van der Waals surface area contributed by atoms with Crippen LogP contribution in [0.1, 0.15) is 48.4 Å². The van der Waals surface area contributed by atoms with Crippen LogP contribution in [0.4, 0.5) is 20.3 Å². The molecule has 0 aliphatic carbocycles. The number of hydrogen-bond acceptors (Lipinski definition) is 7. The summed E-state index contributed by atoms with van der Waals surface area (Å²) in [5.41, 5.74) is 2.17. The SMILES string of the molecule is COC(=O)CC(CN1CC[C@@](F)(CCc2ccc3c(n2)NCCC3)C1)c1cc(N2CCOCC2)ccc1F. The number of aromatic nitrogens is 1. The number of anilines is 2. The minimum absolute atomic E-state index is 0.0435. The molecule has 2 saturated heterocycles. The first-order chi connectivity index (χ1) is 18.4. The number of benzene rings is 1. The molecule has 206 valence electrons. The molecule has 3 aliphatic heterocycles. The highest BCUT2D eigenvalue weighted by Crippen LogP contribution is 2.35. The van der Waals surface area contributed by atoms with Crippen LogP contribution in [0.2, 0.25) is 0 Å². The number of morpholine rings is 1. The van der Waals surface area contributed by atoms with Gasteiger partial charge in [0.15, 0.2) is 0 Å². The van der Waals surface area contributed by atoms with Gasteiger partial charge in [0.05, 0.1) is 26.7 Å². The van der Waals surface area contributed by atoms with Crippen molar-refractivity contribution in [2.45, 2.75) is 50.1 Å². The van der Waals surface area contributed by atoms with Crippen LogP contribution in [0.15, 0.2) is 30.3 Å². The third-order valence-electron chi connectivity index (χ3n) is 8.08. The van der Waals surface area contributed by atoms with E-state index in [2.05, 4.69) is 16.3 Å². The molecule has 1 N–H and O–H groups in total. The van der Waals surface area contributed by atoms with Gasteiger partial charge in [0.2, 0.25) is 0 Å². The zero-order valence-corrected chi connectivity index (χ0v) is 22.2. The zero-order chi connectivity index (χ0) is 26.5. The lowest BCUT2D eigenvalue weighted by Crippen LogP contribution is -2.36. The predicted octanol–water partition coefficient (Wildman–Crippen LogP) is 4.11. The number of nitrogens with one attached hydrogen (secondary N) is 1. The minimum atomic E-state index is -1.34. The van der Waals surface area contributed by atoms with Crippen LogP contribution in [0.5, 0.6) is 0 Å². The van der Waals surface area contributed by atoms with E-state index < -0.39 is 17.6 Å². The highest BCUT2D eigenvalue weighted by Gasteiger charge is 2.39. The molecule has 2 fully saturated rings. The topological polar surface area (TPSA) is 66.9 Å². The number of carbonyl (C=O) groups excluding carboxylic acids is 1. The van der Waals surface area contributed by atoms with Crippen molar-refractivity contribution in [3.05, 3.63) is 53.0 Å². The molecule has 1 aromatic carbocycles. The Labute approximate surface area is 223 Å². The van der Waals surface area contributed by atoms with Gasteiger partial charge in [-0.2, -0.15) is 0 Å². The minimum Gasteiger partial charge on any atom is -0.469 e. The molecule has 0 saturated carbocycles. The van der Waals surface area contributed by atoms with Gasteiger partial charge in [-0.1, -0.05) is 6.07 Å². The number of ether oxygens (including phenoxy) is 2. The first-order valence-electron chi connectivity index (χ1n) is 13.8. The summed E-state index contributed by atoms with van der Waals surface area (Å²) in [6.07, 6.45) is 3.55. The summed E-state index contributed by atoms with van der Waals surface area (Å²) < 4.78 is 41.4. The molecular formula is C29H38F2N4O3. The molecule has 1 unspecified atom stereocenters. The summed E-state index contributed by atoms with van der Waals surface area (Å²) in [5.74, 6) is -0.251. The van der Waals surface area contributed by atoms with Gasteiger partial charge in [-0.3, -0.25) is 9.69 Å². The van der Waals surface area contributed by atoms with Gasteiger partial charge < -0.3 is 19.7 Å². The van der Waals surface area contributed by atoms with Crippen molar-refractivity contribution in [2.24, 2.45) is 0 Å². The van der Waals surface area contributed by atoms with Crippen molar-refractivity contribution in [3.8, 4) is 0 Å². The molecule has 0 amide bonds. The van der Waals surface area contributed by atoms with E-state index in [4.69, 9.17) is 14.5 Å². The normalized spacial score (nSPS) is 22.6. The Hall–Kier alpha value is -2.78. The van der Waals surface area contributed by atoms with Gasteiger partial charge in [-0.25, -0.2) is 13.8 Å². The van der Waals surface area contributed by atoms with Gasteiger partial charge in [0, 0.05) is 56.6 Å². The summed E-state index contributed by atoms with van der Waals surface area (Å²) in [7, 11) is 1.34. The molecule has 0 radical (unpaired) electrons. The standard InChI is InChI=1S/C29H38F2N4O3/c1-37-27(36)17-22(25-18-24(6-7-26(25)30)35-13-15-38-16-14-35)19-34-12-10-29(31,20-34)9-8-23-5-4-21-3-2-11-32-28(21)33-23/h4-7,18,22H,2-3,8-17,19-20H2,1H3,(H,32,33)/t22?,29-/m0/s1. The third kappa shape index (κ3) is 6.43. The van der Waals surface area contributed by atoms with Crippen LogP contribution in [-0.2, 0) is 27.1 Å². The molecule has 9 heteroatoms. The van der Waals surface area contributed by atoms with Crippen LogP contribution < -0.4 is 10.2 Å². The lowest BCUT2D eigenvalue weighted by atomic mass is 9.93. The van der Waals surface area contributed by atoms with E-state index in [1.807, 2.05) is 17.0 Å². The Kier molecular flexibility index (Phi) is 8.43. The molecule has 4 heterocycles. The van der Waals surface area contributed by atoms with Crippen molar-refractivity contribution in [1.29, 1.82) is 0 Å². The average Bonchev–Trinajstić information content (AvgIpc) is 3.32. The number of methoxy groups -OCH3 is 1. The molecule has 38 heavy (non-hydrogen) atoms. The maximum atomic E-state index is 15.9. The number of nitrogens with zero attached hydrogens (tertiary/aromatic N) is 3. The number of aryl methyl sites for hydroxylation is 2. The van der Waals surface area contributed by atoms with Crippen LogP contribution in [0, 0.1) is 5.82 Å². The number of esters is 1. The second-order valence-electron chi connectivity index (χ2n) is 10.8. The molecule has 5 rings (SSSR count). The summed E-state index contributed by atoms with van der Waals surface area (Å²) in [6, 6.07) is 9.19. The fourth-order valence-corrected chi connectivity index (χ4v) is 5.87. The first-order valence-corrected chi connectivity index (χ1v) is 13.8. The number of fused-ring (bicyclic) bond motifs is 1. The van der Waals surface area contributed by atoms with Crippen LogP contribution in [0.25, 0.3) is 0 Å². The number of carbonyl (C=O) groups is 1. The fourth-order valence-electron chi connectivity index (χ4n) is 5.87. The Balaban J connectivity index is 1.25. The number of likely N-dealkylation sites (tertiary alicyclic amines) is 1. The largest absolute Gasteiger partial charge is 0.469 e. The molecule has 1 aromatic heterocycles. The van der Waals surface area contributed by atoms with Crippen molar-refractivity contribution >= 4 is 17.5 Å². The number of rotatable bonds is 9. The maximum absolute atomic E-state index is 15.9. The molecular weight excluding hydrogens is 490 g/mol. The summed E-state index contributed by atoms with van der Waals surface area (Å²) in [4.78, 5) is 21.2. The lowest BCUT2D eigenvalue weighted by Gasteiger charge is -2.30. The van der Waals surface area contributed by atoms with Crippen LogP contribution >= 0.6 is 0 Å². The Bertz CT molecular complexity index is 1130. The molecule has 2 atom stereocenters. The van der Waals surface area contributed by atoms with Gasteiger partial charge in [-0.05, 0) is 67.5 Å². The molecule has 0 bridgehead atoms. The van der Waals surface area contributed by atoms with Gasteiger partial charge in [0.1, 0.15) is 17.3 Å². The first kappa shape index (κ1) is 26.8. The summed E-state index contributed by atoms with van der Waals surface area (Å²) in [6.45, 7) is 4.87. The van der Waals surface area contributed by atoms with Crippen molar-refractivity contribution in [3.63, 3.8) is 0 Å². The van der Waals surface area contributed by atoms with E-state index in [0.717, 1.165) is 49.7 Å². The van der Waals surface area contributed by atoms with E-state index in [1.54, 1.807) is 6.07 Å². The molecule has 7 nitrogen and oxygen atoms in total. The number of halogens is 2. The van der Waals surface area contributed by atoms with Crippen molar-refractivity contribution < 1.29 is 23.0 Å². The van der Waals surface area contributed by atoms with Gasteiger partial charge >= 0.3 is 5.97 Å². The third-order valence-corrected chi connectivity index (χ3v) is 8.08. The quantitative estimate of drug-likeness (QED) is 0.492. The molecule has 2 aromatic rings. The second kappa shape index (κ2) is 11.9. The highest BCUT2D eigenvalue weighted by atomic mass is 19.1. The molecule has 3 aliphatic rings. The Morgan fingerprint density at radius 1 is 1.24 bits per heavy atom. The van der Waals surface area contributed by atoms with E-state index in [-0.39, 0.29) is 18.8 Å². The predicted molar refractivity (Wildman–Crippen MR) is 143 cm³/mol. The fraction of sp³-hybridized carbons (Fsp3) is 0.586. The van der Waals surface area contributed by atoms with E-state index in [1.165, 1.54) is 18.7 Å². The van der Waals surface area contributed by atoms with E-state index in [9.17, 15) is 4.79 Å². The average molecular weight is 529 g/mol. The zero-order valence-electron chi connectivity index (χ0n) is 22.2. The number of pyridine rings is 1. The van der Waals surface area contributed by atoms with Crippen LogP contribution in [-0.4, -0.2) is 81.1 Å².